The number of carbonyl (C=O) groups is 1. The van der Waals surface area contributed by atoms with Crippen molar-refractivity contribution in [2.24, 2.45) is 46.3 Å². The van der Waals surface area contributed by atoms with Crippen LogP contribution in [0.3, 0.4) is 0 Å². The van der Waals surface area contributed by atoms with Crippen LogP contribution in [0.25, 0.3) is 0 Å². The molecule has 0 aliphatic heterocycles. The van der Waals surface area contributed by atoms with Gasteiger partial charge in [0.1, 0.15) is 11.7 Å². The highest BCUT2D eigenvalue weighted by atomic mass is 16.6. The molecule has 10 atom stereocenters. The lowest BCUT2D eigenvalue weighted by Crippen LogP contribution is -2.72. The highest BCUT2D eigenvalue weighted by Gasteiger charge is 2.70. The van der Waals surface area contributed by atoms with Crippen LogP contribution >= 0.6 is 0 Å². The van der Waals surface area contributed by atoms with E-state index in [9.17, 15) is 15.0 Å². The van der Waals surface area contributed by atoms with Crippen molar-refractivity contribution in [2.75, 3.05) is 0 Å². The first kappa shape index (κ1) is 25.5. The molecular formula is C29H50O4. The molecule has 2 N–H and O–H groups in total. The van der Waals surface area contributed by atoms with E-state index in [4.69, 9.17) is 4.74 Å². The monoisotopic (exact) mass is 462 g/mol. The van der Waals surface area contributed by atoms with Crippen LogP contribution in [0, 0.1) is 46.3 Å². The third-order valence-electron chi connectivity index (χ3n) is 11.3. The van der Waals surface area contributed by atoms with Crippen molar-refractivity contribution in [3.05, 3.63) is 0 Å². The number of carbonyl (C=O) groups excluding carboxylic acids is 1. The summed E-state index contributed by atoms with van der Waals surface area (Å²) in [6.07, 6.45) is 10.7. The molecule has 4 rings (SSSR count). The van der Waals surface area contributed by atoms with E-state index < -0.39 is 23.2 Å². The van der Waals surface area contributed by atoms with E-state index in [1.165, 1.54) is 45.4 Å². The van der Waals surface area contributed by atoms with E-state index in [2.05, 4.69) is 34.6 Å². The number of esters is 1. The number of aliphatic hydroxyl groups excluding tert-OH is 1. The fourth-order valence-corrected chi connectivity index (χ4v) is 9.73. The summed E-state index contributed by atoms with van der Waals surface area (Å²) in [6.45, 7) is 13.3. The Labute approximate surface area is 202 Å². The topological polar surface area (TPSA) is 66.8 Å². The molecule has 0 unspecified atom stereocenters. The first-order valence-corrected chi connectivity index (χ1v) is 14.0. The highest BCUT2D eigenvalue weighted by Crippen LogP contribution is 2.69. The summed E-state index contributed by atoms with van der Waals surface area (Å²) in [5.41, 5.74) is -1.37. The van der Waals surface area contributed by atoms with E-state index in [1.54, 1.807) is 0 Å². The van der Waals surface area contributed by atoms with Gasteiger partial charge in [-0.05, 0) is 85.9 Å². The molecule has 4 aliphatic carbocycles. The molecule has 33 heavy (non-hydrogen) atoms. The standard InChI is InChI=1S/C29H50O4/c1-18(2)9-7-10-19(3)22-12-13-23-21-17-26(33-20(4)30)29(32)25(31)11-8-15-28(29,6)24(21)14-16-27(22,23)5/h18-19,21-26,31-32H,7-17H2,1-6H3/t19-,21-,22-,23-,24+,25-,26+,27-,28-,29+/m1/s1. The number of rotatable bonds is 6. The minimum atomic E-state index is -1.33. The quantitative estimate of drug-likeness (QED) is 0.466. The molecule has 0 heterocycles. The van der Waals surface area contributed by atoms with Gasteiger partial charge >= 0.3 is 5.97 Å². The van der Waals surface area contributed by atoms with Crippen molar-refractivity contribution in [3.8, 4) is 0 Å². The van der Waals surface area contributed by atoms with Crippen LogP contribution in [0.4, 0.5) is 0 Å². The maximum atomic E-state index is 12.1. The van der Waals surface area contributed by atoms with Gasteiger partial charge in [0, 0.05) is 12.3 Å². The molecule has 4 fully saturated rings. The molecule has 0 spiro atoms. The van der Waals surface area contributed by atoms with Gasteiger partial charge in [-0.1, -0.05) is 60.3 Å². The van der Waals surface area contributed by atoms with E-state index in [-0.39, 0.29) is 5.97 Å². The van der Waals surface area contributed by atoms with Crippen LogP contribution in [-0.4, -0.2) is 34.0 Å². The second-order valence-electron chi connectivity index (χ2n) is 13.4. The van der Waals surface area contributed by atoms with Crippen molar-refractivity contribution >= 4 is 5.97 Å². The van der Waals surface area contributed by atoms with Gasteiger partial charge in [-0.2, -0.15) is 0 Å². The molecule has 0 aromatic heterocycles. The Kier molecular flexibility index (Phi) is 7.04. The van der Waals surface area contributed by atoms with Crippen LogP contribution in [0.15, 0.2) is 0 Å². The van der Waals surface area contributed by atoms with Crippen molar-refractivity contribution < 1.29 is 19.7 Å². The van der Waals surface area contributed by atoms with E-state index in [0.29, 0.717) is 36.0 Å². The van der Waals surface area contributed by atoms with Crippen molar-refractivity contribution in [1.82, 2.24) is 0 Å². The Morgan fingerprint density at radius 3 is 2.42 bits per heavy atom. The SMILES string of the molecule is CC(=O)O[C@H]1C[C@@H]2[C@H]3CC[C@H]([C@H](C)CCCC(C)C)[C@@]3(C)CC[C@@H]2[C@@]2(C)CCC[C@@H](O)[C@]12O. The molecular weight excluding hydrogens is 412 g/mol. The van der Waals surface area contributed by atoms with Gasteiger partial charge in [-0.25, -0.2) is 0 Å². The van der Waals surface area contributed by atoms with Crippen LogP contribution in [0.5, 0.6) is 0 Å². The normalized spacial score (nSPS) is 48.0. The molecule has 0 amide bonds. The average molecular weight is 463 g/mol. The molecule has 4 nitrogen and oxygen atoms in total. The highest BCUT2D eigenvalue weighted by molar-refractivity contribution is 5.66. The Hall–Kier alpha value is -0.610. The first-order valence-electron chi connectivity index (χ1n) is 14.0. The Balaban J connectivity index is 1.60. The molecule has 0 radical (unpaired) electrons. The van der Waals surface area contributed by atoms with E-state index in [1.807, 2.05) is 0 Å². The molecule has 0 bridgehead atoms. The zero-order valence-corrected chi connectivity index (χ0v) is 22.1. The summed E-state index contributed by atoms with van der Waals surface area (Å²) in [5.74, 6) is 3.47. The first-order chi connectivity index (χ1) is 15.4. The minimum absolute atomic E-state index is 0.339. The second kappa shape index (κ2) is 9.12. The van der Waals surface area contributed by atoms with Gasteiger partial charge in [0.15, 0.2) is 0 Å². The molecule has 190 valence electrons. The summed E-state index contributed by atoms with van der Waals surface area (Å²) in [5, 5.41) is 23.1. The van der Waals surface area contributed by atoms with Crippen molar-refractivity contribution in [3.63, 3.8) is 0 Å². The molecule has 4 saturated carbocycles. The Morgan fingerprint density at radius 2 is 1.76 bits per heavy atom. The van der Waals surface area contributed by atoms with Crippen LogP contribution in [-0.2, 0) is 9.53 Å². The number of hydrogen-bond donors (Lipinski definition) is 2. The molecule has 4 aliphatic rings. The van der Waals surface area contributed by atoms with Crippen molar-refractivity contribution in [1.29, 1.82) is 0 Å². The smallest absolute Gasteiger partial charge is 0.303 e. The van der Waals surface area contributed by atoms with Crippen LogP contribution in [0.1, 0.15) is 112 Å². The lowest BCUT2D eigenvalue weighted by molar-refractivity contribution is -0.291. The summed E-state index contributed by atoms with van der Waals surface area (Å²) in [4.78, 5) is 12.1. The molecule has 4 heteroatoms. The Morgan fingerprint density at radius 1 is 1.03 bits per heavy atom. The number of aliphatic hydroxyl groups is 2. The predicted molar refractivity (Wildman–Crippen MR) is 131 cm³/mol. The molecule has 0 saturated heterocycles. The number of ether oxygens (including phenoxy) is 1. The summed E-state index contributed by atoms with van der Waals surface area (Å²) < 4.78 is 5.83. The molecule has 0 aromatic carbocycles. The van der Waals surface area contributed by atoms with Gasteiger partial charge in [-0.15, -0.1) is 0 Å². The van der Waals surface area contributed by atoms with E-state index in [0.717, 1.165) is 37.0 Å². The predicted octanol–water partition coefficient (Wildman–Crippen LogP) is 6.13. The maximum Gasteiger partial charge on any atom is 0.303 e. The lowest BCUT2D eigenvalue weighted by Gasteiger charge is -2.66. The summed E-state index contributed by atoms with van der Waals surface area (Å²) in [7, 11) is 0. The fraction of sp³-hybridized carbons (Fsp3) is 0.966. The largest absolute Gasteiger partial charge is 0.459 e. The fourth-order valence-electron chi connectivity index (χ4n) is 9.73. The third kappa shape index (κ3) is 3.99. The lowest BCUT2D eigenvalue weighted by atomic mass is 9.42. The van der Waals surface area contributed by atoms with Crippen LogP contribution in [0.2, 0.25) is 0 Å². The van der Waals surface area contributed by atoms with Gasteiger partial charge in [0.2, 0.25) is 0 Å². The summed E-state index contributed by atoms with van der Waals surface area (Å²) in [6, 6.07) is 0. The minimum Gasteiger partial charge on any atom is -0.459 e. The second-order valence-corrected chi connectivity index (χ2v) is 13.4. The zero-order chi connectivity index (χ0) is 24.2. The Bertz CT molecular complexity index is 720. The van der Waals surface area contributed by atoms with Gasteiger partial charge in [0.25, 0.3) is 0 Å². The van der Waals surface area contributed by atoms with Gasteiger partial charge in [0.05, 0.1) is 6.10 Å². The van der Waals surface area contributed by atoms with Gasteiger partial charge < -0.3 is 14.9 Å². The third-order valence-corrected chi connectivity index (χ3v) is 11.3. The summed E-state index contributed by atoms with van der Waals surface area (Å²) >= 11 is 0. The van der Waals surface area contributed by atoms with E-state index >= 15 is 0 Å². The van der Waals surface area contributed by atoms with Gasteiger partial charge in [-0.3, -0.25) is 4.79 Å². The zero-order valence-electron chi connectivity index (χ0n) is 22.1. The molecule has 0 aromatic rings. The average Bonchev–Trinajstić information content (AvgIpc) is 3.07. The van der Waals surface area contributed by atoms with Crippen molar-refractivity contribution in [2.45, 2.75) is 130 Å². The number of fused-ring (bicyclic) bond motifs is 5. The maximum absolute atomic E-state index is 12.1. The number of hydrogen-bond acceptors (Lipinski definition) is 4. The van der Waals surface area contributed by atoms with Crippen LogP contribution < -0.4 is 0 Å².